The Hall–Kier alpha value is -1.37. The van der Waals surface area contributed by atoms with Crippen molar-refractivity contribution in [2.24, 2.45) is 10.9 Å². The van der Waals surface area contributed by atoms with E-state index in [4.69, 9.17) is 9.84 Å². The quantitative estimate of drug-likeness (QED) is 0.341. The third-order valence-corrected chi connectivity index (χ3v) is 1.95. The molecule has 0 amide bonds. The Morgan fingerprint density at radius 2 is 2.22 bits per heavy atom. The molecular formula is C13H15LiNO3-. The number of methoxy groups -OCH3 is 1. The molecule has 0 aromatic heterocycles. The summed E-state index contributed by atoms with van der Waals surface area (Å²) in [5.41, 5.74) is 0.626. The minimum Gasteiger partial charge on any atom is -0.513 e. The first kappa shape index (κ1) is 16.6. The van der Waals surface area contributed by atoms with Crippen LogP contribution in [0.2, 0.25) is 0 Å². The maximum Gasteiger partial charge on any atom is 1.00 e. The summed E-state index contributed by atoms with van der Waals surface area (Å²) in [5.74, 6) is -0.225. The van der Waals surface area contributed by atoms with E-state index in [2.05, 4.69) is 11.1 Å². The fraction of sp³-hybridized carbons (Fsp3) is 0.308. The van der Waals surface area contributed by atoms with Crippen LogP contribution in [0.5, 0.6) is 0 Å². The number of hydrogen-bond acceptors (Lipinski definition) is 3. The Morgan fingerprint density at radius 1 is 1.56 bits per heavy atom. The number of aliphatic imine (C=N–C) groups is 1. The second-order valence-electron chi connectivity index (χ2n) is 3.83. The molecule has 0 spiro atoms. The van der Waals surface area contributed by atoms with Crippen LogP contribution in [0, 0.1) is 18.4 Å². The average molecular weight is 240 g/mol. The van der Waals surface area contributed by atoms with Gasteiger partial charge in [0.1, 0.15) is 0 Å². The topological polar surface area (TPSA) is 58.9 Å². The van der Waals surface area contributed by atoms with Gasteiger partial charge in [-0.3, -0.25) is 4.99 Å². The number of rotatable bonds is 4. The fourth-order valence-electron chi connectivity index (χ4n) is 1.21. The molecule has 1 aromatic carbocycles. The maximum atomic E-state index is 10.8. The van der Waals surface area contributed by atoms with Crippen LogP contribution in [0.15, 0.2) is 23.2 Å². The van der Waals surface area contributed by atoms with Crippen LogP contribution in [0.4, 0.5) is 5.69 Å². The Morgan fingerprint density at radius 3 is 2.72 bits per heavy atom. The van der Waals surface area contributed by atoms with E-state index < -0.39 is 5.97 Å². The molecule has 0 unspecified atom stereocenters. The summed E-state index contributed by atoms with van der Waals surface area (Å²) in [6.45, 7) is 4.01. The third-order valence-electron chi connectivity index (χ3n) is 1.95. The first-order valence-corrected chi connectivity index (χ1v) is 5.25. The van der Waals surface area contributed by atoms with Gasteiger partial charge in [0.15, 0.2) is 0 Å². The third kappa shape index (κ3) is 5.31. The van der Waals surface area contributed by atoms with Crippen molar-refractivity contribution < 1.29 is 33.5 Å². The van der Waals surface area contributed by atoms with Gasteiger partial charge in [-0.15, -0.1) is 6.07 Å². The summed E-state index contributed by atoms with van der Waals surface area (Å²) >= 11 is 0. The predicted molar refractivity (Wildman–Crippen MR) is 65.5 cm³/mol. The largest absolute Gasteiger partial charge is 1.00 e. The van der Waals surface area contributed by atoms with Gasteiger partial charge >= 0.3 is 24.8 Å². The number of nitrogens with zero attached hydrogens (tertiary/aromatic N) is 1. The minimum atomic E-state index is -0.984. The van der Waals surface area contributed by atoms with Crippen molar-refractivity contribution in [2.75, 3.05) is 7.11 Å². The van der Waals surface area contributed by atoms with Gasteiger partial charge in [0.25, 0.3) is 0 Å². The average Bonchev–Trinajstić information content (AvgIpc) is 2.28. The van der Waals surface area contributed by atoms with Crippen LogP contribution in [-0.4, -0.2) is 24.1 Å². The van der Waals surface area contributed by atoms with Crippen molar-refractivity contribution >= 4 is 17.6 Å². The van der Waals surface area contributed by atoms with Crippen LogP contribution < -0.4 is 18.9 Å². The molecule has 0 saturated carbocycles. The first-order chi connectivity index (χ1) is 8.02. The molecule has 1 rings (SSSR count). The minimum absolute atomic E-state index is 0. The number of hydrogen-bond donors (Lipinski definition) is 1. The van der Waals surface area contributed by atoms with Crippen molar-refractivity contribution in [3.8, 4) is 0 Å². The Labute approximate surface area is 119 Å². The number of carbonyl (C=O) groups is 1. The van der Waals surface area contributed by atoms with E-state index in [1.165, 1.54) is 25.3 Å². The predicted octanol–water partition coefficient (Wildman–Crippen LogP) is -0.274. The van der Waals surface area contributed by atoms with Crippen LogP contribution in [0.3, 0.4) is 0 Å². The molecule has 1 N–H and O–H groups in total. The Bertz CT molecular complexity index is 430. The molecule has 0 fully saturated rings. The van der Waals surface area contributed by atoms with Gasteiger partial charge in [0, 0.05) is 5.90 Å². The molecule has 0 radical (unpaired) electrons. The second-order valence-corrected chi connectivity index (χ2v) is 3.83. The fourth-order valence-corrected chi connectivity index (χ4v) is 1.21. The Kier molecular flexibility index (Phi) is 7.26. The van der Waals surface area contributed by atoms with E-state index in [-0.39, 0.29) is 24.4 Å². The van der Waals surface area contributed by atoms with Crippen molar-refractivity contribution in [3.05, 3.63) is 36.2 Å². The van der Waals surface area contributed by atoms with Crippen molar-refractivity contribution in [3.63, 3.8) is 0 Å². The van der Waals surface area contributed by atoms with Gasteiger partial charge in [-0.05, 0) is 11.3 Å². The second kappa shape index (κ2) is 7.86. The maximum absolute atomic E-state index is 10.8. The summed E-state index contributed by atoms with van der Waals surface area (Å²) in [7, 11) is 1.53. The van der Waals surface area contributed by atoms with Crippen molar-refractivity contribution in [2.45, 2.75) is 13.8 Å². The summed E-state index contributed by atoms with van der Waals surface area (Å²) in [6, 6.07) is 7.31. The van der Waals surface area contributed by atoms with Crippen LogP contribution in [0.25, 0.3) is 0 Å². The monoisotopic (exact) mass is 240 g/mol. The molecule has 5 heteroatoms. The summed E-state index contributed by atoms with van der Waals surface area (Å²) in [5, 5.41) is 8.84. The van der Waals surface area contributed by atoms with Gasteiger partial charge in [0.2, 0.25) is 0 Å². The molecule has 4 nitrogen and oxygen atoms in total. The molecular weight excluding hydrogens is 225 g/mol. The molecule has 0 aliphatic heterocycles. The zero-order chi connectivity index (χ0) is 12.8. The number of carboxylic acid groups (broad SMARTS) is 1. The molecule has 0 saturated heterocycles. The molecule has 0 aliphatic carbocycles. The number of benzene rings is 1. The summed E-state index contributed by atoms with van der Waals surface area (Å²) in [4.78, 5) is 15.0. The smallest absolute Gasteiger partial charge is 0.513 e. The van der Waals surface area contributed by atoms with Gasteiger partial charge in [-0.25, -0.2) is 4.79 Å². The number of ether oxygens (including phenoxy) is 1. The first-order valence-electron chi connectivity index (χ1n) is 5.25. The summed E-state index contributed by atoms with van der Waals surface area (Å²) in [6.07, 6.45) is 1.85. The summed E-state index contributed by atoms with van der Waals surface area (Å²) < 4.78 is 5.09. The standard InChI is InChI=1S/C13H15NO3.Li/c1-9(2)7-12(17-3)14-11-6-4-5-10(8-11)13(15)16;/h4-5,7-9H,1-3H3,(H,15,16);/q-2;+1. The van der Waals surface area contributed by atoms with E-state index in [0.29, 0.717) is 17.5 Å². The SMILES string of the molecule is COC([CH-]C(C)C)=Nc1[c-]ccc(C(=O)O)c1.[Li+]. The van der Waals surface area contributed by atoms with E-state index in [1.807, 2.05) is 20.3 Å². The molecule has 92 valence electrons. The number of carboxylic acids is 1. The number of aromatic carboxylic acids is 1. The van der Waals surface area contributed by atoms with Crippen LogP contribution in [-0.2, 0) is 4.74 Å². The van der Waals surface area contributed by atoms with Gasteiger partial charge in [-0.2, -0.15) is 24.1 Å². The van der Waals surface area contributed by atoms with E-state index in [1.54, 1.807) is 0 Å². The van der Waals surface area contributed by atoms with Gasteiger partial charge in [-0.1, -0.05) is 13.8 Å². The van der Waals surface area contributed by atoms with E-state index >= 15 is 0 Å². The molecule has 0 aliphatic rings. The molecule has 1 aromatic rings. The Balaban J connectivity index is 0.00000289. The van der Waals surface area contributed by atoms with E-state index in [0.717, 1.165) is 0 Å². The normalized spacial score (nSPS) is 10.8. The van der Waals surface area contributed by atoms with E-state index in [9.17, 15) is 4.79 Å². The zero-order valence-corrected chi connectivity index (χ0v) is 11.1. The molecule has 0 heterocycles. The van der Waals surface area contributed by atoms with Gasteiger partial charge in [0.05, 0.1) is 7.11 Å². The molecule has 18 heavy (non-hydrogen) atoms. The molecule has 0 atom stereocenters. The van der Waals surface area contributed by atoms with Crippen LogP contribution >= 0.6 is 0 Å². The zero-order valence-electron chi connectivity index (χ0n) is 11.1. The molecule has 0 bridgehead atoms. The van der Waals surface area contributed by atoms with Crippen molar-refractivity contribution in [1.82, 2.24) is 0 Å². The van der Waals surface area contributed by atoms with Crippen LogP contribution in [0.1, 0.15) is 24.2 Å². The van der Waals surface area contributed by atoms with Crippen molar-refractivity contribution in [1.29, 1.82) is 0 Å². The van der Waals surface area contributed by atoms with Gasteiger partial charge < -0.3 is 16.3 Å².